The van der Waals surface area contributed by atoms with Crippen LogP contribution < -0.4 is 14.4 Å². The smallest absolute Gasteiger partial charge is 0.330 e. The Hall–Kier alpha value is -3.12. The predicted octanol–water partition coefficient (Wildman–Crippen LogP) is 7.18. The number of methoxy groups -OCH3 is 1. The van der Waals surface area contributed by atoms with Gasteiger partial charge in [-0.3, -0.25) is 9.52 Å². The van der Waals surface area contributed by atoms with E-state index in [1.165, 1.54) is 11.1 Å². The minimum atomic E-state index is -3.49. The summed E-state index contributed by atoms with van der Waals surface area (Å²) in [6, 6.07) is 11.1. The number of halogens is 1. The lowest BCUT2D eigenvalue weighted by molar-refractivity contribution is -0.0905. The molecule has 0 radical (unpaired) electrons. The summed E-state index contributed by atoms with van der Waals surface area (Å²) in [4.78, 5) is 31.5. The topological polar surface area (TPSA) is 110 Å². The molecule has 1 aliphatic carbocycles. The van der Waals surface area contributed by atoms with E-state index in [4.69, 9.17) is 25.8 Å². The number of urea groups is 1. The fourth-order valence-corrected chi connectivity index (χ4v) is 11.2. The van der Waals surface area contributed by atoms with Gasteiger partial charge in [0.2, 0.25) is 0 Å². The third-order valence-corrected chi connectivity index (χ3v) is 14.3. The normalized spacial score (nSPS) is 32.3. The maximum atomic E-state index is 14.6. The molecule has 0 saturated carbocycles. The van der Waals surface area contributed by atoms with Gasteiger partial charge in [0.1, 0.15) is 21.3 Å². The van der Waals surface area contributed by atoms with E-state index in [1.807, 2.05) is 25.1 Å². The highest BCUT2D eigenvalue weighted by atomic mass is 35.5. The van der Waals surface area contributed by atoms with Crippen molar-refractivity contribution in [3.8, 4) is 5.75 Å². The minimum Gasteiger partial charge on any atom is -0.490 e. The van der Waals surface area contributed by atoms with Gasteiger partial charge in [0.15, 0.2) is 0 Å². The summed E-state index contributed by atoms with van der Waals surface area (Å²) in [6.07, 6.45) is 10.4. The van der Waals surface area contributed by atoms with Gasteiger partial charge in [-0.2, -0.15) is 0 Å². The first kappa shape index (κ1) is 37.2. The summed E-state index contributed by atoms with van der Waals surface area (Å²) in [6.45, 7) is 9.94. The van der Waals surface area contributed by atoms with Crippen LogP contribution >= 0.6 is 11.6 Å². The minimum absolute atomic E-state index is 0.0290. The van der Waals surface area contributed by atoms with Crippen molar-refractivity contribution in [3.63, 3.8) is 0 Å². The molecule has 2 aromatic carbocycles. The molecule has 2 saturated heterocycles. The third kappa shape index (κ3) is 7.48. The summed E-state index contributed by atoms with van der Waals surface area (Å²) in [5, 5.41) is 0.739. The molecule has 2 spiro atoms. The molecular weight excluding hydrogens is 700 g/mol. The zero-order valence-electron chi connectivity index (χ0n) is 30.9. The molecule has 0 aromatic heterocycles. The molecule has 4 aliphatic heterocycles. The van der Waals surface area contributed by atoms with E-state index in [-0.39, 0.29) is 40.6 Å². The fourth-order valence-electron chi connectivity index (χ4n) is 9.12. The standard InChI is InChI=1S/C40H53ClN4O6S/c1-5-29-21-44-23-39(16-7-10-30-19-32(41)13-14-33(30)39)26-50-36-15-12-31(20-34(36)44)37(46)42-52(48,22-27(2)9-6-11-35(49-4)28(29)3)43-38(47)45-24-40(25-45)17-8-18-51-40/h6,11-15,19-20,27-29,35H,5,7-10,16-18,21-26H2,1-4H3,(H,42,43,46,47,48)/b11-6+/t27-,28+,29-,35-,39-,52?/m0/s1. The summed E-state index contributed by atoms with van der Waals surface area (Å²) >= 11 is 6.47. The molecule has 7 rings (SSSR count). The van der Waals surface area contributed by atoms with E-state index in [0.717, 1.165) is 55.8 Å². The summed E-state index contributed by atoms with van der Waals surface area (Å²) in [5.74, 6) is 0.418. The Morgan fingerprint density at radius 1 is 1.13 bits per heavy atom. The number of fused-ring (bicyclic) bond motifs is 3. The molecule has 12 heteroatoms. The van der Waals surface area contributed by atoms with E-state index in [1.54, 1.807) is 18.1 Å². The summed E-state index contributed by atoms with van der Waals surface area (Å²) in [7, 11) is -1.74. The van der Waals surface area contributed by atoms with Crippen LogP contribution in [0, 0.1) is 17.8 Å². The van der Waals surface area contributed by atoms with Gasteiger partial charge >= 0.3 is 6.03 Å². The van der Waals surface area contributed by atoms with E-state index < -0.39 is 21.9 Å². The average molecular weight is 753 g/mol. The summed E-state index contributed by atoms with van der Waals surface area (Å²) < 4.78 is 40.3. The van der Waals surface area contributed by atoms with Crippen LogP contribution in [0.15, 0.2) is 52.9 Å². The van der Waals surface area contributed by atoms with Crippen molar-refractivity contribution in [3.05, 3.63) is 70.3 Å². The Kier molecular flexibility index (Phi) is 10.7. The van der Waals surface area contributed by atoms with E-state index in [9.17, 15) is 13.8 Å². The molecule has 5 aliphatic rings. The van der Waals surface area contributed by atoms with Crippen molar-refractivity contribution in [2.75, 3.05) is 57.2 Å². The number of anilines is 1. The quantitative estimate of drug-likeness (QED) is 0.331. The third-order valence-electron chi connectivity index (χ3n) is 12.1. The number of benzene rings is 2. The Labute approximate surface area is 313 Å². The monoisotopic (exact) mass is 752 g/mol. The molecule has 2 bridgehead atoms. The molecule has 1 unspecified atom stereocenters. The first-order valence-corrected chi connectivity index (χ1v) is 21.0. The predicted molar refractivity (Wildman–Crippen MR) is 205 cm³/mol. The van der Waals surface area contributed by atoms with E-state index in [0.29, 0.717) is 50.6 Å². The van der Waals surface area contributed by atoms with Crippen molar-refractivity contribution in [2.45, 2.75) is 82.8 Å². The van der Waals surface area contributed by atoms with Crippen molar-refractivity contribution >= 4 is 39.1 Å². The van der Waals surface area contributed by atoms with Gasteiger partial charge in [0.25, 0.3) is 5.91 Å². The van der Waals surface area contributed by atoms with Crippen molar-refractivity contribution < 1.29 is 28.0 Å². The lowest BCUT2D eigenvalue weighted by Gasteiger charge is -2.46. The Morgan fingerprint density at radius 2 is 1.96 bits per heavy atom. The number of nitrogens with one attached hydrogen (secondary N) is 1. The number of rotatable bonds is 3. The highest BCUT2D eigenvalue weighted by Gasteiger charge is 2.49. The number of hydrogen-bond acceptors (Lipinski definition) is 7. The van der Waals surface area contributed by atoms with Crippen molar-refractivity contribution in [2.24, 2.45) is 22.1 Å². The number of hydrogen-bond donors (Lipinski definition) is 1. The van der Waals surface area contributed by atoms with Gasteiger partial charge in [0, 0.05) is 42.8 Å². The maximum absolute atomic E-state index is 14.6. The Morgan fingerprint density at radius 3 is 2.71 bits per heavy atom. The van der Waals surface area contributed by atoms with Gasteiger partial charge in [-0.1, -0.05) is 57.0 Å². The molecule has 2 fully saturated rings. The number of aryl methyl sites for hydroxylation is 1. The zero-order chi connectivity index (χ0) is 36.7. The van der Waals surface area contributed by atoms with Crippen LogP contribution in [0.1, 0.15) is 80.8 Å². The van der Waals surface area contributed by atoms with Gasteiger partial charge in [-0.05, 0) is 97.7 Å². The Balaban J connectivity index is 1.27. The SMILES string of the molecule is CC[C@H]1CN2C[C@@]3(CCCc4cc(Cl)ccc43)COc3ccc(cc32)C(=O)N=S(=O)(NC(=O)N2CC3(CCCO3)C2)C[C@@H](C)C/C=C/[C@H](OC)[C@@H]1C. The lowest BCUT2D eigenvalue weighted by Crippen LogP contribution is -2.65. The van der Waals surface area contributed by atoms with Crippen LogP contribution in [-0.4, -0.2) is 85.0 Å². The first-order valence-electron chi connectivity index (χ1n) is 18.9. The molecule has 4 heterocycles. The van der Waals surface area contributed by atoms with Crippen LogP contribution in [0.5, 0.6) is 5.75 Å². The first-order chi connectivity index (χ1) is 24.9. The highest BCUT2D eigenvalue weighted by Crippen LogP contribution is 2.45. The van der Waals surface area contributed by atoms with Crippen LogP contribution in [0.4, 0.5) is 10.5 Å². The highest BCUT2D eigenvalue weighted by molar-refractivity contribution is 7.92. The number of nitrogens with zero attached hydrogens (tertiary/aromatic N) is 3. The number of likely N-dealkylation sites (tertiary alicyclic amines) is 1. The fraction of sp³-hybridized carbons (Fsp3) is 0.600. The summed E-state index contributed by atoms with van der Waals surface area (Å²) in [5.41, 5.74) is 3.07. The van der Waals surface area contributed by atoms with Gasteiger partial charge in [-0.15, -0.1) is 4.36 Å². The molecule has 2 aromatic rings. The molecule has 282 valence electrons. The van der Waals surface area contributed by atoms with Crippen LogP contribution in [0.3, 0.4) is 0 Å². The van der Waals surface area contributed by atoms with Crippen molar-refractivity contribution in [1.82, 2.24) is 9.62 Å². The van der Waals surface area contributed by atoms with Gasteiger partial charge < -0.3 is 24.0 Å². The zero-order valence-corrected chi connectivity index (χ0v) is 32.5. The number of carbonyl (C=O) groups is 2. The Bertz CT molecular complexity index is 1830. The van der Waals surface area contributed by atoms with Crippen LogP contribution in [0.25, 0.3) is 0 Å². The van der Waals surface area contributed by atoms with Crippen LogP contribution in [-0.2, 0) is 31.2 Å². The lowest BCUT2D eigenvalue weighted by atomic mass is 9.70. The molecule has 52 heavy (non-hydrogen) atoms. The number of allylic oxidation sites excluding steroid dienone is 1. The molecule has 3 amide bonds. The molecule has 6 atom stereocenters. The number of amides is 3. The molecule has 1 N–H and O–H groups in total. The maximum Gasteiger partial charge on any atom is 0.330 e. The molecule has 10 nitrogen and oxygen atoms in total. The van der Waals surface area contributed by atoms with Gasteiger partial charge in [-0.25, -0.2) is 9.00 Å². The van der Waals surface area contributed by atoms with Crippen molar-refractivity contribution in [1.29, 1.82) is 0 Å². The second-order valence-electron chi connectivity index (χ2n) is 15.9. The van der Waals surface area contributed by atoms with E-state index >= 15 is 0 Å². The van der Waals surface area contributed by atoms with E-state index in [2.05, 4.69) is 52.1 Å². The second kappa shape index (κ2) is 15.0. The molecular formula is C40H53ClN4O6S. The largest absolute Gasteiger partial charge is 0.490 e. The number of ether oxygens (including phenoxy) is 3. The van der Waals surface area contributed by atoms with Crippen LogP contribution in [0.2, 0.25) is 5.02 Å². The second-order valence-corrected chi connectivity index (χ2v) is 18.3. The number of carbonyl (C=O) groups excluding carboxylic acids is 2. The van der Waals surface area contributed by atoms with Gasteiger partial charge in [0.05, 0.1) is 37.2 Å². The average Bonchev–Trinajstić information content (AvgIpc) is 3.55.